The molecule has 6 nitrogen and oxygen atoms in total. The summed E-state index contributed by atoms with van der Waals surface area (Å²) < 4.78 is 0. The largest absolute Gasteiger partial charge is 0.339 e. The van der Waals surface area contributed by atoms with Gasteiger partial charge in [-0.2, -0.15) is 0 Å². The first-order valence-electron chi connectivity index (χ1n) is 6.63. The maximum Gasteiger partial charge on any atom is 0.242 e. The van der Waals surface area contributed by atoms with Crippen LogP contribution in [-0.4, -0.2) is 71.2 Å². The van der Waals surface area contributed by atoms with E-state index in [0.29, 0.717) is 26.2 Å². The van der Waals surface area contributed by atoms with Crippen molar-refractivity contribution >= 4 is 17.7 Å². The highest BCUT2D eigenvalue weighted by Crippen LogP contribution is 2.05. The van der Waals surface area contributed by atoms with Crippen LogP contribution in [0.5, 0.6) is 0 Å². The zero-order valence-corrected chi connectivity index (χ0v) is 12.2. The Labute approximate surface area is 114 Å². The van der Waals surface area contributed by atoms with Crippen LogP contribution in [0.3, 0.4) is 0 Å². The molecule has 1 saturated heterocycles. The van der Waals surface area contributed by atoms with Gasteiger partial charge in [-0.1, -0.05) is 0 Å². The standard InChI is InChI=1S/C13H23N3O3/c1-10(2)16(12(4)18)9-13(19)15-7-5-14(6-8-15)11(3)17/h10H,5-9H2,1-4H3. The number of carbonyl (C=O) groups excluding carboxylic acids is 3. The van der Waals surface area contributed by atoms with Crippen LogP contribution < -0.4 is 0 Å². The van der Waals surface area contributed by atoms with Crippen LogP contribution in [0.1, 0.15) is 27.7 Å². The highest BCUT2D eigenvalue weighted by Gasteiger charge is 2.25. The van der Waals surface area contributed by atoms with Crippen molar-refractivity contribution in [1.82, 2.24) is 14.7 Å². The number of hydrogen-bond donors (Lipinski definition) is 0. The Bertz CT molecular complexity index is 360. The smallest absolute Gasteiger partial charge is 0.242 e. The third-order valence-electron chi connectivity index (χ3n) is 3.41. The second kappa shape index (κ2) is 6.54. The van der Waals surface area contributed by atoms with Crippen molar-refractivity contribution in [2.45, 2.75) is 33.7 Å². The predicted octanol–water partition coefficient (Wildman–Crippen LogP) is -0.0660. The highest BCUT2D eigenvalue weighted by atomic mass is 16.2. The van der Waals surface area contributed by atoms with Gasteiger partial charge in [0, 0.05) is 46.1 Å². The SMILES string of the molecule is CC(=O)N1CCN(C(=O)CN(C(C)=O)C(C)C)CC1. The van der Waals surface area contributed by atoms with Gasteiger partial charge in [0.15, 0.2) is 0 Å². The van der Waals surface area contributed by atoms with E-state index < -0.39 is 0 Å². The molecule has 0 spiro atoms. The molecule has 0 aromatic rings. The van der Waals surface area contributed by atoms with E-state index >= 15 is 0 Å². The fourth-order valence-electron chi connectivity index (χ4n) is 2.17. The molecule has 6 heteroatoms. The lowest BCUT2D eigenvalue weighted by molar-refractivity contribution is -0.143. The Balaban J connectivity index is 2.51. The van der Waals surface area contributed by atoms with Crippen molar-refractivity contribution in [2.75, 3.05) is 32.7 Å². The second-order valence-electron chi connectivity index (χ2n) is 5.13. The molecule has 108 valence electrons. The van der Waals surface area contributed by atoms with Gasteiger partial charge in [-0.3, -0.25) is 14.4 Å². The molecule has 0 aliphatic carbocycles. The molecule has 0 bridgehead atoms. The molecule has 19 heavy (non-hydrogen) atoms. The zero-order valence-electron chi connectivity index (χ0n) is 12.2. The molecular weight excluding hydrogens is 246 g/mol. The lowest BCUT2D eigenvalue weighted by Crippen LogP contribution is -2.53. The number of rotatable bonds is 3. The molecule has 0 N–H and O–H groups in total. The topological polar surface area (TPSA) is 60.9 Å². The Hall–Kier alpha value is -1.59. The summed E-state index contributed by atoms with van der Waals surface area (Å²) in [6, 6.07) is 0.0139. The van der Waals surface area contributed by atoms with Crippen LogP contribution in [0.4, 0.5) is 0 Å². The quantitative estimate of drug-likeness (QED) is 0.721. The molecule has 0 aromatic heterocycles. The van der Waals surface area contributed by atoms with E-state index in [4.69, 9.17) is 0 Å². The molecule has 0 aromatic carbocycles. The molecule has 1 fully saturated rings. The van der Waals surface area contributed by atoms with Crippen LogP contribution in [0.15, 0.2) is 0 Å². The van der Waals surface area contributed by atoms with Crippen LogP contribution in [0, 0.1) is 0 Å². The Kier molecular flexibility index (Phi) is 5.32. The van der Waals surface area contributed by atoms with Crippen molar-refractivity contribution in [2.24, 2.45) is 0 Å². The first-order chi connectivity index (χ1) is 8.82. The Morgan fingerprint density at radius 3 is 1.84 bits per heavy atom. The first kappa shape index (κ1) is 15.5. The van der Waals surface area contributed by atoms with Crippen molar-refractivity contribution in [1.29, 1.82) is 0 Å². The van der Waals surface area contributed by atoms with Crippen molar-refractivity contribution in [3.8, 4) is 0 Å². The van der Waals surface area contributed by atoms with Crippen molar-refractivity contribution < 1.29 is 14.4 Å². The van der Waals surface area contributed by atoms with Gasteiger partial charge in [0.1, 0.15) is 0 Å². The number of hydrogen-bond acceptors (Lipinski definition) is 3. The fraction of sp³-hybridized carbons (Fsp3) is 0.769. The molecule has 0 atom stereocenters. The maximum atomic E-state index is 12.1. The summed E-state index contributed by atoms with van der Waals surface area (Å²) in [5.41, 5.74) is 0. The number of piperazine rings is 1. The number of nitrogens with zero attached hydrogens (tertiary/aromatic N) is 3. The molecular formula is C13H23N3O3. The van der Waals surface area contributed by atoms with Crippen LogP contribution in [0.2, 0.25) is 0 Å². The summed E-state index contributed by atoms with van der Waals surface area (Å²) in [4.78, 5) is 39.8. The van der Waals surface area contributed by atoms with Crippen molar-refractivity contribution in [3.05, 3.63) is 0 Å². The minimum Gasteiger partial charge on any atom is -0.339 e. The van der Waals surface area contributed by atoms with E-state index in [-0.39, 0.29) is 30.3 Å². The van der Waals surface area contributed by atoms with Gasteiger partial charge >= 0.3 is 0 Å². The third kappa shape index (κ3) is 4.22. The summed E-state index contributed by atoms with van der Waals surface area (Å²) in [6.07, 6.45) is 0. The molecule has 0 unspecified atom stereocenters. The summed E-state index contributed by atoms with van der Waals surface area (Å²) >= 11 is 0. The van der Waals surface area contributed by atoms with Gasteiger partial charge in [0.05, 0.1) is 6.54 Å². The number of amides is 3. The minimum atomic E-state index is -0.0919. The second-order valence-corrected chi connectivity index (χ2v) is 5.13. The molecule has 0 saturated carbocycles. The fourth-order valence-corrected chi connectivity index (χ4v) is 2.17. The van der Waals surface area contributed by atoms with E-state index in [1.807, 2.05) is 13.8 Å². The van der Waals surface area contributed by atoms with Crippen LogP contribution in [-0.2, 0) is 14.4 Å². The molecule has 0 radical (unpaired) electrons. The average Bonchev–Trinajstić information content (AvgIpc) is 2.34. The molecule has 1 aliphatic heterocycles. The van der Waals surface area contributed by atoms with Gasteiger partial charge in [-0.05, 0) is 13.8 Å². The molecule has 1 rings (SSSR count). The molecule has 3 amide bonds. The van der Waals surface area contributed by atoms with E-state index in [9.17, 15) is 14.4 Å². The van der Waals surface area contributed by atoms with Crippen LogP contribution in [0.25, 0.3) is 0 Å². The van der Waals surface area contributed by atoms with E-state index in [1.165, 1.54) is 13.8 Å². The van der Waals surface area contributed by atoms with E-state index in [1.54, 1.807) is 14.7 Å². The summed E-state index contributed by atoms with van der Waals surface area (Å²) in [6.45, 7) is 9.14. The van der Waals surface area contributed by atoms with Gasteiger partial charge in [0.2, 0.25) is 17.7 Å². The van der Waals surface area contributed by atoms with Crippen LogP contribution >= 0.6 is 0 Å². The Morgan fingerprint density at radius 1 is 1.00 bits per heavy atom. The van der Waals surface area contributed by atoms with Crippen molar-refractivity contribution in [3.63, 3.8) is 0 Å². The monoisotopic (exact) mass is 269 g/mol. The van der Waals surface area contributed by atoms with Gasteiger partial charge < -0.3 is 14.7 Å². The van der Waals surface area contributed by atoms with E-state index in [0.717, 1.165) is 0 Å². The van der Waals surface area contributed by atoms with Gasteiger partial charge in [0.25, 0.3) is 0 Å². The zero-order chi connectivity index (χ0) is 14.6. The molecule has 1 aliphatic rings. The summed E-state index contributed by atoms with van der Waals surface area (Å²) in [5, 5.41) is 0. The molecule has 1 heterocycles. The Morgan fingerprint density at radius 2 is 1.47 bits per heavy atom. The van der Waals surface area contributed by atoms with Gasteiger partial charge in [-0.25, -0.2) is 0 Å². The van der Waals surface area contributed by atoms with Gasteiger partial charge in [-0.15, -0.1) is 0 Å². The first-order valence-corrected chi connectivity index (χ1v) is 6.63. The number of carbonyl (C=O) groups is 3. The summed E-state index contributed by atoms with van der Waals surface area (Å²) in [5.74, 6) is -0.0996. The normalized spacial score (nSPS) is 15.6. The highest BCUT2D eigenvalue weighted by molar-refractivity contribution is 5.84. The maximum absolute atomic E-state index is 12.1. The minimum absolute atomic E-state index is 0.0139. The average molecular weight is 269 g/mol. The summed E-state index contributed by atoms with van der Waals surface area (Å²) in [7, 11) is 0. The predicted molar refractivity (Wildman–Crippen MR) is 71.4 cm³/mol. The third-order valence-corrected chi connectivity index (χ3v) is 3.41. The lowest BCUT2D eigenvalue weighted by atomic mass is 10.2. The van der Waals surface area contributed by atoms with E-state index in [2.05, 4.69) is 0 Å². The lowest BCUT2D eigenvalue weighted by Gasteiger charge is -2.35.